The average molecular weight is 814 g/mol. The Morgan fingerprint density at radius 3 is 2.15 bits per heavy atom. The summed E-state index contributed by atoms with van der Waals surface area (Å²) in [4.78, 5) is 11.4. The summed E-state index contributed by atoms with van der Waals surface area (Å²) >= 11 is 1.84. The smallest absolute Gasteiger partial charge is 0.155 e. The van der Waals surface area contributed by atoms with Crippen LogP contribution in [0.5, 0.6) is 0 Å². The number of furan rings is 1. The lowest BCUT2D eigenvalue weighted by atomic mass is 9.87. The Balaban J connectivity index is 1.12. The zero-order chi connectivity index (χ0) is 40.9. The van der Waals surface area contributed by atoms with Crippen LogP contribution in [-0.4, -0.2) is 16.1 Å². The first-order chi connectivity index (χ1) is 30.6. The van der Waals surface area contributed by atoms with E-state index < -0.39 is 0 Å². The van der Waals surface area contributed by atoms with E-state index in [1.165, 1.54) is 47.3 Å². The lowest BCUT2D eigenvalue weighted by Crippen LogP contribution is -2.20. The highest BCUT2D eigenvalue weighted by Gasteiger charge is 2.27. The number of aliphatic imine (C=N–C) groups is 2. The standard InChI is InChI=1S/C57H39N3OS/c1-34-23-27-48(36-14-3-2-4-15-36)58-57(39-25-28-53-46(30-39)43-20-10-12-22-52(43)62-53)59-55(34)47-32-40(33-51-54(47)44-26-24-35-13-7-8-18-41(35)56(44)61-51)60-49-21-11-9-19-42(49)45-29-37-16-5-6-17-38(37)31-50(45)60/h2-22,24-26,28-34,48H,23,27H2,1H3/b58-57-,59-55+/t34-,48?/m1/s1. The Morgan fingerprint density at radius 2 is 1.27 bits per heavy atom. The molecular weight excluding hydrogens is 775 g/mol. The number of fused-ring (bicyclic) bond motifs is 12. The summed E-state index contributed by atoms with van der Waals surface area (Å²) in [6.07, 6.45) is 1.83. The van der Waals surface area contributed by atoms with Crippen molar-refractivity contribution in [2.24, 2.45) is 15.9 Å². The number of aromatic nitrogens is 1. The van der Waals surface area contributed by atoms with Gasteiger partial charge in [-0.2, -0.15) is 0 Å². The van der Waals surface area contributed by atoms with Crippen molar-refractivity contribution in [3.05, 3.63) is 199 Å². The number of benzene rings is 9. The van der Waals surface area contributed by atoms with Crippen molar-refractivity contribution in [1.29, 1.82) is 0 Å². The molecule has 0 amide bonds. The van der Waals surface area contributed by atoms with Gasteiger partial charge in [-0.15, -0.1) is 11.3 Å². The third-order valence-electron chi connectivity index (χ3n) is 13.2. The topological polar surface area (TPSA) is 42.8 Å². The number of hydrogen-bond donors (Lipinski definition) is 0. The van der Waals surface area contributed by atoms with E-state index in [1.54, 1.807) is 0 Å². The fraction of sp³-hybridized carbons (Fsp3) is 0.0877. The van der Waals surface area contributed by atoms with E-state index in [-0.39, 0.29) is 12.0 Å². The van der Waals surface area contributed by atoms with Crippen LogP contribution in [0.1, 0.15) is 42.5 Å². The first kappa shape index (κ1) is 35.4. The maximum Gasteiger partial charge on any atom is 0.155 e. The third-order valence-corrected chi connectivity index (χ3v) is 14.3. The van der Waals surface area contributed by atoms with Gasteiger partial charge in [0.25, 0.3) is 0 Å². The van der Waals surface area contributed by atoms with Crippen LogP contribution >= 0.6 is 11.3 Å². The predicted molar refractivity (Wildman–Crippen MR) is 263 cm³/mol. The lowest BCUT2D eigenvalue weighted by Gasteiger charge is -2.24. The number of para-hydroxylation sites is 1. The van der Waals surface area contributed by atoms with E-state index in [9.17, 15) is 0 Å². The number of thiophene rings is 1. The van der Waals surface area contributed by atoms with Gasteiger partial charge in [-0.3, -0.25) is 4.99 Å². The second kappa shape index (κ2) is 13.8. The van der Waals surface area contributed by atoms with Gasteiger partial charge in [0.2, 0.25) is 0 Å². The molecule has 62 heavy (non-hydrogen) atoms. The molecule has 3 aromatic heterocycles. The molecule has 5 heteroatoms. The molecule has 1 aliphatic heterocycles. The van der Waals surface area contributed by atoms with Gasteiger partial charge in [0, 0.05) is 64.3 Å². The van der Waals surface area contributed by atoms with Gasteiger partial charge >= 0.3 is 0 Å². The van der Waals surface area contributed by atoms with Crippen molar-refractivity contribution >= 4 is 108 Å². The summed E-state index contributed by atoms with van der Waals surface area (Å²) in [5.74, 6) is 0.876. The molecule has 13 rings (SSSR count). The molecule has 0 N–H and O–H groups in total. The monoisotopic (exact) mass is 813 g/mol. The molecule has 12 aromatic rings. The molecule has 294 valence electrons. The molecule has 0 saturated carbocycles. The van der Waals surface area contributed by atoms with Crippen molar-refractivity contribution in [2.75, 3.05) is 0 Å². The molecule has 2 atom stereocenters. The third kappa shape index (κ3) is 5.51. The summed E-state index contributed by atoms with van der Waals surface area (Å²) in [5.41, 5.74) is 9.46. The molecule has 0 radical (unpaired) electrons. The first-order valence-corrected chi connectivity index (χ1v) is 22.4. The molecule has 0 aliphatic carbocycles. The highest BCUT2D eigenvalue weighted by Crippen LogP contribution is 2.42. The maximum atomic E-state index is 7.09. The fourth-order valence-corrected chi connectivity index (χ4v) is 11.2. The number of nitrogens with zero attached hydrogens (tertiary/aromatic N) is 3. The second-order valence-electron chi connectivity index (χ2n) is 16.9. The Bertz CT molecular complexity index is 3850. The lowest BCUT2D eigenvalue weighted by molar-refractivity contribution is 0.555. The predicted octanol–water partition coefficient (Wildman–Crippen LogP) is 15.8. The molecule has 1 aliphatic rings. The summed E-state index contributed by atoms with van der Waals surface area (Å²) < 4.78 is 12.1. The SMILES string of the molecule is C[C@@H]1CCC(c2ccccc2)/N=C(c2ccc3sc4ccccc4c3c2)\N=C/1c1cc(-n2c3ccccc3c3cc4ccccc4cc32)cc2oc3c4ccccc4ccc3c12. The van der Waals surface area contributed by atoms with E-state index in [0.29, 0.717) is 0 Å². The van der Waals surface area contributed by atoms with Crippen molar-refractivity contribution < 1.29 is 4.42 Å². The summed E-state index contributed by atoms with van der Waals surface area (Å²) in [7, 11) is 0. The van der Waals surface area contributed by atoms with Crippen molar-refractivity contribution in [3.63, 3.8) is 0 Å². The Kier molecular flexibility index (Phi) is 7.91. The molecule has 9 aromatic carbocycles. The van der Waals surface area contributed by atoms with Crippen molar-refractivity contribution in [3.8, 4) is 5.69 Å². The van der Waals surface area contributed by atoms with Crippen LogP contribution in [0.25, 0.3) is 91.1 Å². The molecule has 0 saturated heterocycles. The minimum absolute atomic E-state index is 0.0197. The highest BCUT2D eigenvalue weighted by molar-refractivity contribution is 7.25. The normalized spacial score (nSPS) is 17.9. The van der Waals surface area contributed by atoms with Crippen LogP contribution in [0.15, 0.2) is 196 Å². The largest absolute Gasteiger partial charge is 0.455 e. The van der Waals surface area contributed by atoms with Crippen molar-refractivity contribution in [1.82, 2.24) is 4.57 Å². The maximum absolute atomic E-state index is 7.09. The Hall–Kier alpha value is -7.34. The van der Waals surface area contributed by atoms with Gasteiger partial charge in [0.05, 0.1) is 28.5 Å². The molecule has 4 nitrogen and oxygen atoms in total. The van der Waals surface area contributed by atoms with Crippen LogP contribution in [-0.2, 0) is 0 Å². The van der Waals surface area contributed by atoms with E-state index in [4.69, 9.17) is 14.4 Å². The summed E-state index contributed by atoms with van der Waals surface area (Å²) in [6, 6.07) is 66.0. The quantitative estimate of drug-likeness (QED) is 0.174. The van der Waals surface area contributed by atoms with E-state index in [1.807, 2.05) is 11.3 Å². The molecule has 0 spiro atoms. The van der Waals surface area contributed by atoms with Crippen LogP contribution in [0.2, 0.25) is 0 Å². The number of rotatable bonds is 4. The average Bonchev–Trinajstić information content (AvgIpc) is 3.99. The number of hydrogen-bond acceptors (Lipinski definition) is 4. The molecular formula is C57H39N3OS. The van der Waals surface area contributed by atoms with Crippen LogP contribution < -0.4 is 0 Å². The van der Waals surface area contributed by atoms with Gasteiger partial charge in [-0.1, -0.05) is 128 Å². The minimum atomic E-state index is -0.0197. The second-order valence-corrected chi connectivity index (χ2v) is 17.9. The van der Waals surface area contributed by atoms with Gasteiger partial charge in [-0.25, -0.2) is 4.99 Å². The number of amidine groups is 1. The highest BCUT2D eigenvalue weighted by atomic mass is 32.1. The van der Waals surface area contributed by atoms with E-state index in [0.717, 1.165) is 84.9 Å². The van der Waals surface area contributed by atoms with Gasteiger partial charge in [-0.05, 0) is 95.1 Å². The summed E-state index contributed by atoms with van der Waals surface area (Å²) in [5, 5.41) is 11.8. The van der Waals surface area contributed by atoms with Gasteiger partial charge in [0.15, 0.2) is 5.84 Å². The van der Waals surface area contributed by atoms with Crippen LogP contribution in [0.3, 0.4) is 0 Å². The minimum Gasteiger partial charge on any atom is -0.455 e. The molecule has 1 unspecified atom stereocenters. The Labute approximate surface area is 361 Å². The first-order valence-electron chi connectivity index (χ1n) is 21.6. The molecule has 0 bridgehead atoms. The van der Waals surface area contributed by atoms with Gasteiger partial charge < -0.3 is 8.98 Å². The zero-order valence-electron chi connectivity index (χ0n) is 34.0. The summed E-state index contributed by atoms with van der Waals surface area (Å²) in [6.45, 7) is 2.35. The van der Waals surface area contributed by atoms with Crippen LogP contribution in [0.4, 0.5) is 0 Å². The molecule has 0 fully saturated rings. The van der Waals surface area contributed by atoms with Crippen molar-refractivity contribution in [2.45, 2.75) is 25.8 Å². The Morgan fingerprint density at radius 1 is 0.548 bits per heavy atom. The van der Waals surface area contributed by atoms with Gasteiger partial charge in [0.1, 0.15) is 11.2 Å². The zero-order valence-corrected chi connectivity index (χ0v) is 34.9. The van der Waals surface area contributed by atoms with E-state index >= 15 is 0 Å². The van der Waals surface area contributed by atoms with Crippen LogP contribution in [0, 0.1) is 5.92 Å². The van der Waals surface area contributed by atoms with E-state index in [2.05, 4.69) is 193 Å². The molecule has 4 heterocycles. The fourth-order valence-electron chi connectivity index (χ4n) is 10.1.